The molecule has 1 aromatic heterocycles. The second-order valence-electron chi connectivity index (χ2n) is 4.80. The third kappa shape index (κ3) is 2.44. The molecular weight excluding hydrogens is 278 g/mol. The van der Waals surface area contributed by atoms with E-state index in [0.717, 1.165) is 27.9 Å². The molecule has 22 heavy (non-hydrogen) atoms. The molecule has 4 heteroatoms. The number of ether oxygens (including phenoxy) is 3. The molecule has 3 aromatic rings. The summed E-state index contributed by atoms with van der Waals surface area (Å²) in [7, 11) is 4.89. The van der Waals surface area contributed by atoms with E-state index in [1.165, 1.54) is 0 Å². The SMILES string of the molecule is COc1cc(OC)c2c(OC)cc(-c3ccccc3)nc2c1. The Kier molecular flexibility index (Phi) is 3.83. The van der Waals surface area contributed by atoms with E-state index in [1.807, 2.05) is 48.5 Å². The standard InChI is InChI=1S/C18H17NO3/c1-20-13-9-15-18(16(10-13)21-2)17(22-3)11-14(19-15)12-7-5-4-6-8-12/h4-11H,1-3H3. The molecule has 2 aromatic carbocycles. The molecule has 4 nitrogen and oxygen atoms in total. The van der Waals surface area contributed by atoms with Crippen LogP contribution in [-0.2, 0) is 0 Å². The highest BCUT2D eigenvalue weighted by molar-refractivity contribution is 5.94. The Balaban J connectivity index is 2.31. The fourth-order valence-electron chi connectivity index (χ4n) is 2.47. The van der Waals surface area contributed by atoms with E-state index in [2.05, 4.69) is 0 Å². The van der Waals surface area contributed by atoms with Gasteiger partial charge in [0.1, 0.15) is 17.2 Å². The topological polar surface area (TPSA) is 40.6 Å². The monoisotopic (exact) mass is 295 g/mol. The van der Waals surface area contributed by atoms with E-state index in [9.17, 15) is 0 Å². The number of fused-ring (bicyclic) bond motifs is 1. The van der Waals surface area contributed by atoms with E-state index in [1.54, 1.807) is 21.3 Å². The molecule has 0 fully saturated rings. The average Bonchev–Trinajstić information content (AvgIpc) is 2.60. The van der Waals surface area contributed by atoms with Crippen LogP contribution in [0.3, 0.4) is 0 Å². The number of nitrogens with zero attached hydrogens (tertiary/aromatic N) is 1. The zero-order valence-electron chi connectivity index (χ0n) is 12.8. The maximum absolute atomic E-state index is 5.54. The lowest BCUT2D eigenvalue weighted by Gasteiger charge is -2.13. The molecule has 0 unspecified atom stereocenters. The molecule has 0 saturated heterocycles. The lowest BCUT2D eigenvalue weighted by molar-refractivity contribution is 0.392. The summed E-state index contributed by atoms with van der Waals surface area (Å²) in [4.78, 5) is 4.73. The van der Waals surface area contributed by atoms with Gasteiger partial charge in [-0.3, -0.25) is 0 Å². The smallest absolute Gasteiger partial charge is 0.135 e. The molecule has 0 radical (unpaired) electrons. The molecule has 3 rings (SSSR count). The zero-order chi connectivity index (χ0) is 15.5. The van der Waals surface area contributed by atoms with Gasteiger partial charge in [-0.15, -0.1) is 0 Å². The quantitative estimate of drug-likeness (QED) is 0.731. The fourth-order valence-corrected chi connectivity index (χ4v) is 2.47. The van der Waals surface area contributed by atoms with Crippen LogP contribution in [0.15, 0.2) is 48.5 Å². The van der Waals surface area contributed by atoms with Gasteiger partial charge in [0.2, 0.25) is 0 Å². The molecule has 0 saturated carbocycles. The molecule has 0 amide bonds. The van der Waals surface area contributed by atoms with Crippen molar-refractivity contribution in [3.05, 3.63) is 48.5 Å². The summed E-state index contributed by atoms with van der Waals surface area (Å²) in [5.41, 5.74) is 2.65. The highest BCUT2D eigenvalue weighted by atomic mass is 16.5. The van der Waals surface area contributed by atoms with E-state index < -0.39 is 0 Å². The molecule has 0 aliphatic heterocycles. The minimum Gasteiger partial charge on any atom is -0.497 e. The van der Waals surface area contributed by atoms with Gasteiger partial charge in [-0.25, -0.2) is 4.98 Å². The highest BCUT2D eigenvalue weighted by Gasteiger charge is 2.14. The van der Waals surface area contributed by atoms with Crippen LogP contribution in [0.5, 0.6) is 17.2 Å². The minimum atomic E-state index is 0.679. The van der Waals surface area contributed by atoms with Crippen molar-refractivity contribution in [2.24, 2.45) is 0 Å². The van der Waals surface area contributed by atoms with Crippen molar-refractivity contribution in [3.63, 3.8) is 0 Å². The number of hydrogen-bond donors (Lipinski definition) is 0. The van der Waals surface area contributed by atoms with E-state index >= 15 is 0 Å². The number of rotatable bonds is 4. The Morgan fingerprint density at radius 3 is 2.09 bits per heavy atom. The summed E-state index contributed by atoms with van der Waals surface area (Å²) in [5, 5.41) is 0.838. The molecule has 0 aliphatic rings. The van der Waals surface area contributed by atoms with Crippen molar-refractivity contribution >= 4 is 10.9 Å². The van der Waals surface area contributed by atoms with Crippen LogP contribution in [0.2, 0.25) is 0 Å². The predicted octanol–water partition coefficient (Wildman–Crippen LogP) is 3.93. The lowest BCUT2D eigenvalue weighted by atomic mass is 10.1. The van der Waals surface area contributed by atoms with Crippen LogP contribution in [-0.4, -0.2) is 26.3 Å². The van der Waals surface area contributed by atoms with Crippen molar-refractivity contribution in [1.82, 2.24) is 4.98 Å². The first kappa shape index (κ1) is 14.2. The largest absolute Gasteiger partial charge is 0.497 e. The maximum Gasteiger partial charge on any atom is 0.135 e. The normalized spacial score (nSPS) is 10.5. The second kappa shape index (κ2) is 5.93. The molecule has 0 bridgehead atoms. The molecule has 0 aliphatic carbocycles. The fraction of sp³-hybridized carbons (Fsp3) is 0.167. The first-order chi connectivity index (χ1) is 10.8. The first-order valence-corrected chi connectivity index (χ1v) is 6.93. The van der Waals surface area contributed by atoms with Gasteiger partial charge in [0, 0.05) is 23.8 Å². The Morgan fingerprint density at radius 1 is 0.773 bits per heavy atom. The van der Waals surface area contributed by atoms with Crippen LogP contribution < -0.4 is 14.2 Å². The molecule has 0 spiro atoms. The van der Waals surface area contributed by atoms with Crippen molar-refractivity contribution in [2.75, 3.05) is 21.3 Å². The Morgan fingerprint density at radius 2 is 1.45 bits per heavy atom. The van der Waals surface area contributed by atoms with Crippen LogP contribution in [0.25, 0.3) is 22.2 Å². The lowest BCUT2D eigenvalue weighted by Crippen LogP contribution is -1.95. The number of aromatic nitrogens is 1. The third-order valence-electron chi connectivity index (χ3n) is 3.56. The summed E-state index contributed by atoms with van der Waals surface area (Å²) in [6.45, 7) is 0. The maximum atomic E-state index is 5.54. The zero-order valence-corrected chi connectivity index (χ0v) is 12.8. The van der Waals surface area contributed by atoms with Gasteiger partial charge < -0.3 is 14.2 Å². The van der Waals surface area contributed by atoms with Crippen molar-refractivity contribution < 1.29 is 14.2 Å². The molecule has 0 atom stereocenters. The Bertz CT molecular complexity index is 800. The summed E-state index contributed by atoms with van der Waals surface area (Å²) in [5.74, 6) is 2.10. The highest BCUT2D eigenvalue weighted by Crippen LogP contribution is 2.38. The molecule has 112 valence electrons. The first-order valence-electron chi connectivity index (χ1n) is 6.93. The minimum absolute atomic E-state index is 0.679. The van der Waals surface area contributed by atoms with Crippen LogP contribution in [0, 0.1) is 0 Å². The van der Waals surface area contributed by atoms with E-state index in [4.69, 9.17) is 19.2 Å². The van der Waals surface area contributed by atoms with E-state index in [-0.39, 0.29) is 0 Å². The third-order valence-corrected chi connectivity index (χ3v) is 3.56. The van der Waals surface area contributed by atoms with Gasteiger partial charge in [-0.05, 0) is 0 Å². The molecule has 1 heterocycles. The Hall–Kier alpha value is -2.75. The number of methoxy groups -OCH3 is 3. The van der Waals surface area contributed by atoms with Gasteiger partial charge in [-0.1, -0.05) is 30.3 Å². The van der Waals surface area contributed by atoms with Crippen LogP contribution >= 0.6 is 0 Å². The van der Waals surface area contributed by atoms with Gasteiger partial charge in [0.25, 0.3) is 0 Å². The summed E-state index contributed by atoms with van der Waals surface area (Å²) >= 11 is 0. The average molecular weight is 295 g/mol. The second-order valence-corrected chi connectivity index (χ2v) is 4.80. The summed E-state index contributed by atoms with van der Waals surface area (Å²) in [6, 6.07) is 15.6. The predicted molar refractivity (Wildman–Crippen MR) is 86.8 cm³/mol. The number of hydrogen-bond acceptors (Lipinski definition) is 4. The number of benzene rings is 2. The van der Waals surface area contributed by atoms with Gasteiger partial charge in [0.15, 0.2) is 0 Å². The summed E-state index contributed by atoms with van der Waals surface area (Å²) < 4.78 is 16.3. The van der Waals surface area contributed by atoms with Crippen molar-refractivity contribution in [2.45, 2.75) is 0 Å². The number of pyridine rings is 1. The summed E-state index contributed by atoms with van der Waals surface area (Å²) in [6.07, 6.45) is 0. The van der Waals surface area contributed by atoms with Crippen LogP contribution in [0.4, 0.5) is 0 Å². The Labute approximate surface area is 129 Å². The van der Waals surface area contributed by atoms with Crippen LogP contribution in [0.1, 0.15) is 0 Å². The molecular formula is C18H17NO3. The van der Waals surface area contributed by atoms with Crippen molar-refractivity contribution in [1.29, 1.82) is 0 Å². The van der Waals surface area contributed by atoms with Crippen molar-refractivity contribution in [3.8, 4) is 28.5 Å². The van der Waals surface area contributed by atoms with Gasteiger partial charge in [0.05, 0.1) is 37.9 Å². The van der Waals surface area contributed by atoms with Gasteiger partial charge >= 0.3 is 0 Å². The van der Waals surface area contributed by atoms with Gasteiger partial charge in [-0.2, -0.15) is 0 Å². The van der Waals surface area contributed by atoms with E-state index in [0.29, 0.717) is 11.5 Å². The molecule has 0 N–H and O–H groups in total.